The fourth-order valence-electron chi connectivity index (χ4n) is 3.41. The monoisotopic (exact) mass is 379 g/mol. The quantitative estimate of drug-likeness (QED) is 0.736. The molecule has 27 heavy (non-hydrogen) atoms. The molecule has 6 heteroatoms. The highest BCUT2D eigenvalue weighted by atomic mass is 32.2. The number of nitrogens with zero attached hydrogens (tertiary/aromatic N) is 2. The average Bonchev–Trinajstić information content (AvgIpc) is 2.73. The van der Waals surface area contributed by atoms with E-state index in [9.17, 15) is 8.42 Å². The van der Waals surface area contributed by atoms with Gasteiger partial charge in [-0.05, 0) is 66.6 Å². The van der Waals surface area contributed by atoms with Crippen molar-refractivity contribution in [3.63, 3.8) is 0 Å². The molecule has 2 aromatic heterocycles. The zero-order valence-corrected chi connectivity index (χ0v) is 15.7. The summed E-state index contributed by atoms with van der Waals surface area (Å²) in [5, 5.41) is 0. The molecule has 0 aliphatic heterocycles. The van der Waals surface area contributed by atoms with Gasteiger partial charge in [0.25, 0.3) is 0 Å². The smallest absolute Gasteiger partial charge is 0.240 e. The molecule has 0 spiro atoms. The molecule has 0 atom stereocenters. The zero-order valence-electron chi connectivity index (χ0n) is 14.9. The van der Waals surface area contributed by atoms with E-state index in [1.807, 2.05) is 30.3 Å². The van der Waals surface area contributed by atoms with Crippen molar-refractivity contribution in [3.8, 4) is 11.1 Å². The van der Waals surface area contributed by atoms with Crippen LogP contribution in [0.4, 0.5) is 0 Å². The van der Waals surface area contributed by atoms with Gasteiger partial charge in [-0.15, -0.1) is 0 Å². The molecule has 1 aliphatic rings. The van der Waals surface area contributed by atoms with Gasteiger partial charge in [0.1, 0.15) is 0 Å². The molecule has 4 rings (SSSR count). The standard InChI is InChI=1S/C21H21N3O2S/c25-27(26,21-8-7-17-4-1-2-5-18(17)11-21)24-13-16-10-20(15-23-12-16)19-6-3-9-22-14-19/h3,6-12,14-15,24H,1-2,4-5,13H2. The molecule has 0 unspecified atom stereocenters. The van der Waals surface area contributed by atoms with Gasteiger partial charge in [-0.2, -0.15) is 0 Å². The van der Waals surface area contributed by atoms with Crippen molar-refractivity contribution < 1.29 is 8.42 Å². The first-order valence-corrected chi connectivity index (χ1v) is 10.6. The predicted octanol–water partition coefficient (Wildman–Crippen LogP) is 3.50. The number of sulfonamides is 1. The molecule has 0 fully saturated rings. The first-order chi connectivity index (χ1) is 13.1. The van der Waals surface area contributed by atoms with Gasteiger partial charge < -0.3 is 0 Å². The van der Waals surface area contributed by atoms with E-state index < -0.39 is 10.0 Å². The second kappa shape index (κ2) is 7.58. The summed E-state index contributed by atoms with van der Waals surface area (Å²) in [6, 6.07) is 11.2. The Bertz CT molecular complexity index is 1050. The highest BCUT2D eigenvalue weighted by Crippen LogP contribution is 2.24. The minimum atomic E-state index is -3.56. The van der Waals surface area contributed by atoms with Crippen LogP contribution in [-0.4, -0.2) is 18.4 Å². The third kappa shape index (κ3) is 4.07. The van der Waals surface area contributed by atoms with Crippen LogP contribution in [0, 0.1) is 0 Å². The zero-order chi connectivity index (χ0) is 18.7. The second-order valence-corrected chi connectivity index (χ2v) is 8.55. The number of pyridine rings is 2. The van der Waals surface area contributed by atoms with Crippen LogP contribution < -0.4 is 4.72 Å². The number of hydrogen-bond donors (Lipinski definition) is 1. The highest BCUT2D eigenvalue weighted by molar-refractivity contribution is 7.89. The molecule has 0 saturated heterocycles. The van der Waals surface area contributed by atoms with Crippen molar-refractivity contribution in [1.29, 1.82) is 0 Å². The van der Waals surface area contributed by atoms with Gasteiger partial charge in [-0.1, -0.05) is 12.1 Å². The summed E-state index contributed by atoms with van der Waals surface area (Å²) in [4.78, 5) is 8.67. The largest absolute Gasteiger partial charge is 0.264 e. The third-order valence-electron chi connectivity index (χ3n) is 4.89. The Morgan fingerprint density at radius 3 is 2.52 bits per heavy atom. The maximum absolute atomic E-state index is 12.7. The Morgan fingerprint density at radius 1 is 0.889 bits per heavy atom. The Morgan fingerprint density at radius 2 is 1.70 bits per heavy atom. The van der Waals surface area contributed by atoms with Crippen LogP contribution in [0.1, 0.15) is 29.5 Å². The number of benzene rings is 1. The molecule has 2 heterocycles. The summed E-state index contributed by atoms with van der Waals surface area (Å²) in [6.45, 7) is 0.195. The van der Waals surface area contributed by atoms with Gasteiger partial charge in [0.2, 0.25) is 10.0 Å². The lowest BCUT2D eigenvalue weighted by Crippen LogP contribution is -2.23. The van der Waals surface area contributed by atoms with Gasteiger partial charge in [-0.25, -0.2) is 13.1 Å². The fourth-order valence-corrected chi connectivity index (χ4v) is 4.48. The van der Waals surface area contributed by atoms with Gasteiger partial charge in [0, 0.05) is 42.5 Å². The minimum Gasteiger partial charge on any atom is -0.264 e. The molecule has 3 aromatic rings. The molecule has 5 nitrogen and oxygen atoms in total. The Hall–Kier alpha value is -2.57. The van der Waals surface area contributed by atoms with Crippen LogP contribution in [0.3, 0.4) is 0 Å². The number of hydrogen-bond acceptors (Lipinski definition) is 4. The van der Waals surface area contributed by atoms with Crippen LogP contribution >= 0.6 is 0 Å². The fraction of sp³-hybridized carbons (Fsp3) is 0.238. The number of aryl methyl sites for hydroxylation is 2. The summed E-state index contributed by atoms with van der Waals surface area (Å²) in [6.07, 6.45) is 11.2. The van der Waals surface area contributed by atoms with Crippen molar-refractivity contribution in [1.82, 2.24) is 14.7 Å². The van der Waals surface area contributed by atoms with Gasteiger partial charge in [0.15, 0.2) is 0 Å². The van der Waals surface area contributed by atoms with Crippen LogP contribution in [0.5, 0.6) is 0 Å². The van der Waals surface area contributed by atoms with E-state index in [1.54, 1.807) is 30.9 Å². The summed E-state index contributed by atoms with van der Waals surface area (Å²) < 4.78 is 28.1. The molecule has 1 N–H and O–H groups in total. The van der Waals surface area contributed by atoms with Gasteiger partial charge in [-0.3, -0.25) is 9.97 Å². The molecular formula is C21H21N3O2S. The molecular weight excluding hydrogens is 358 g/mol. The lowest BCUT2D eigenvalue weighted by molar-refractivity contribution is 0.580. The van der Waals surface area contributed by atoms with Crippen LogP contribution in [0.15, 0.2) is 66.1 Å². The molecule has 0 saturated carbocycles. The minimum absolute atomic E-state index is 0.195. The molecule has 1 aliphatic carbocycles. The highest BCUT2D eigenvalue weighted by Gasteiger charge is 2.17. The van der Waals surface area contributed by atoms with E-state index >= 15 is 0 Å². The predicted molar refractivity (Wildman–Crippen MR) is 105 cm³/mol. The lowest BCUT2D eigenvalue weighted by atomic mass is 9.92. The van der Waals surface area contributed by atoms with Crippen molar-refractivity contribution in [2.24, 2.45) is 0 Å². The van der Waals surface area contributed by atoms with E-state index in [0.29, 0.717) is 4.90 Å². The van der Waals surface area contributed by atoms with Crippen molar-refractivity contribution in [2.75, 3.05) is 0 Å². The van der Waals surface area contributed by atoms with E-state index in [1.165, 1.54) is 12.0 Å². The van der Waals surface area contributed by atoms with Crippen molar-refractivity contribution in [3.05, 3.63) is 77.9 Å². The van der Waals surface area contributed by atoms with E-state index in [-0.39, 0.29) is 6.54 Å². The topological polar surface area (TPSA) is 72.0 Å². The van der Waals surface area contributed by atoms with Crippen LogP contribution in [0.2, 0.25) is 0 Å². The van der Waals surface area contributed by atoms with Crippen LogP contribution in [-0.2, 0) is 29.4 Å². The average molecular weight is 379 g/mol. The van der Waals surface area contributed by atoms with Crippen molar-refractivity contribution >= 4 is 10.0 Å². The summed E-state index contributed by atoms with van der Waals surface area (Å²) in [5.74, 6) is 0. The maximum atomic E-state index is 12.7. The number of fused-ring (bicyclic) bond motifs is 1. The van der Waals surface area contributed by atoms with Gasteiger partial charge in [0.05, 0.1) is 4.90 Å². The maximum Gasteiger partial charge on any atom is 0.240 e. The second-order valence-electron chi connectivity index (χ2n) is 6.79. The number of nitrogens with one attached hydrogen (secondary N) is 1. The van der Waals surface area contributed by atoms with Gasteiger partial charge >= 0.3 is 0 Å². The Kier molecular flexibility index (Phi) is 5.01. The van der Waals surface area contributed by atoms with E-state index in [0.717, 1.165) is 41.5 Å². The number of aromatic nitrogens is 2. The Labute approximate surface area is 159 Å². The van der Waals surface area contributed by atoms with Crippen molar-refractivity contribution in [2.45, 2.75) is 37.1 Å². The Balaban J connectivity index is 1.51. The summed E-state index contributed by atoms with van der Waals surface area (Å²) in [7, 11) is -3.56. The third-order valence-corrected chi connectivity index (χ3v) is 6.29. The SMILES string of the molecule is O=S(=O)(NCc1cncc(-c2cccnc2)c1)c1ccc2c(c1)CCCC2. The molecule has 0 amide bonds. The van der Waals surface area contributed by atoms with E-state index in [2.05, 4.69) is 14.7 Å². The lowest BCUT2D eigenvalue weighted by Gasteiger charge is -2.16. The van der Waals surface area contributed by atoms with E-state index in [4.69, 9.17) is 0 Å². The normalized spacial score (nSPS) is 13.9. The summed E-state index contributed by atoms with van der Waals surface area (Å²) >= 11 is 0. The first-order valence-electron chi connectivity index (χ1n) is 9.08. The molecule has 1 aromatic carbocycles. The molecule has 0 radical (unpaired) electrons. The summed E-state index contributed by atoms with van der Waals surface area (Å²) in [5.41, 5.74) is 5.09. The number of rotatable bonds is 5. The molecule has 0 bridgehead atoms. The first kappa shape index (κ1) is 17.8. The molecule has 138 valence electrons. The van der Waals surface area contributed by atoms with Crippen LogP contribution in [0.25, 0.3) is 11.1 Å².